The third-order valence-electron chi connectivity index (χ3n) is 2.62. The van der Waals surface area contributed by atoms with Crippen LogP contribution in [0.1, 0.15) is 10.6 Å². The second-order valence-electron chi connectivity index (χ2n) is 4.01. The Labute approximate surface area is 106 Å². The Bertz CT molecular complexity index is 769. The molecule has 2 N–H and O–H groups in total. The Morgan fingerprint density at radius 2 is 2.28 bits per heavy atom. The fourth-order valence-electron chi connectivity index (χ4n) is 1.84. The fourth-order valence-corrected chi connectivity index (χ4v) is 2.52. The zero-order valence-electron chi connectivity index (χ0n) is 9.70. The van der Waals surface area contributed by atoms with E-state index in [0.717, 1.165) is 10.6 Å². The summed E-state index contributed by atoms with van der Waals surface area (Å²) in [5, 5.41) is 4.71. The predicted octanol–water partition coefficient (Wildman–Crippen LogP) is 0.891. The van der Waals surface area contributed by atoms with Crippen LogP contribution in [0.4, 0.5) is 5.13 Å². The van der Waals surface area contributed by atoms with E-state index in [2.05, 4.69) is 10.1 Å². The molecule has 0 aliphatic carbocycles. The van der Waals surface area contributed by atoms with Crippen LogP contribution in [0.2, 0.25) is 0 Å². The summed E-state index contributed by atoms with van der Waals surface area (Å²) in [6.07, 6.45) is 5.18. The fraction of sp³-hybridized carbons (Fsp3) is 0.182. The van der Waals surface area contributed by atoms with Crippen molar-refractivity contribution >= 4 is 22.0 Å². The number of fused-ring (bicyclic) bond motifs is 1. The average molecular weight is 261 g/mol. The van der Waals surface area contributed by atoms with E-state index in [1.807, 2.05) is 6.92 Å². The van der Waals surface area contributed by atoms with Crippen molar-refractivity contribution in [3.05, 3.63) is 45.6 Å². The number of nitrogens with zero attached hydrogens (tertiary/aromatic N) is 4. The summed E-state index contributed by atoms with van der Waals surface area (Å²) >= 11 is 1.39. The van der Waals surface area contributed by atoms with Gasteiger partial charge in [-0.05, 0) is 13.0 Å². The van der Waals surface area contributed by atoms with E-state index in [1.54, 1.807) is 33.7 Å². The first-order chi connectivity index (χ1) is 8.63. The first-order valence-electron chi connectivity index (χ1n) is 5.39. The lowest BCUT2D eigenvalue weighted by atomic mass is 10.4. The summed E-state index contributed by atoms with van der Waals surface area (Å²) in [6, 6.07) is 1.78. The number of thiazole rings is 1. The number of nitrogens with two attached hydrogens (primary N) is 1. The van der Waals surface area contributed by atoms with E-state index in [0.29, 0.717) is 17.2 Å². The number of hydrogen-bond acceptors (Lipinski definition) is 5. The Balaban J connectivity index is 2.07. The quantitative estimate of drug-likeness (QED) is 0.743. The first-order valence-corrected chi connectivity index (χ1v) is 6.21. The molecule has 3 aromatic heterocycles. The van der Waals surface area contributed by atoms with E-state index >= 15 is 0 Å². The van der Waals surface area contributed by atoms with Crippen molar-refractivity contribution in [3.63, 3.8) is 0 Å². The highest BCUT2D eigenvalue weighted by atomic mass is 32.1. The molecule has 0 atom stereocenters. The van der Waals surface area contributed by atoms with Gasteiger partial charge in [0, 0.05) is 23.5 Å². The topological polar surface area (TPSA) is 78.2 Å². The molecule has 92 valence electrons. The highest BCUT2D eigenvalue weighted by Gasteiger charge is 2.07. The third kappa shape index (κ3) is 1.78. The van der Waals surface area contributed by atoms with Gasteiger partial charge in [0.2, 0.25) is 0 Å². The van der Waals surface area contributed by atoms with Crippen molar-refractivity contribution in [3.8, 4) is 0 Å². The number of aryl methyl sites for hydroxylation is 1. The molecule has 0 saturated heterocycles. The van der Waals surface area contributed by atoms with Gasteiger partial charge in [0.25, 0.3) is 5.56 Å². The maximum absolute atomic E-state index is 12.2. The predicted molar refractivity (Wildman–Crippen MR) is 69.8 cm³/mol. The van der Waals surface area contributed by atoms with Gasteiger partial charge in [-0.3, -0.25) is 4.79 Å². The van der Waals surface area contributed by atoms with Gasteiger partial charge in [0.1, 0.15) is 5.52 Å². The van der Waals surface area contributed by atoms with Gasteiger partial charge in [-0.25, -0.2) is 9.50 Å². The second-order valence-corrected chi connectivity index (χ2v) is 5.16. The van der Waals surface area contributed by atoms with Crippen molar-refractivity contribution in [2.45, 2.75) is 13.5 Å². The highest BCUT2D eigenvalue weighted by molar-refractivity contribution is 7.15. The number of anilines is 1. The van der Waals surface area contributed by atoms with Gasteiger partial charge < -0.3 is 10.3 Å². The molecule has 0 amide bonds. The monoisotopic (exact) mass is 261 g/mol. The molecule has 0 aliphatic heterocycles. The summed E-state index contributed by atoms with van der Waals surface area (Å²) in [6.45, 7) is 2.34. The van der Waals surface area contributed by atoms with Crippen LogP contribution in [0, 0.1) is 6.92 Å². The van der Waals surface area contributed by atoms with E-state index in [4.69, 9.17) is 5.73 Å². The SMILES string of the molecule is Cc1cc2c(=O)n(Cc3cnc(N)s3)ccn2n1. The molecule has 0 saturated carbocycles. The van der Waals surface area contributed by atoms with Crippen LogP contribution in [-0.4, -0.2) is 19.2 Å². The second kappa shape index (κ2) is 3.95. The zero-order valence-corrected chi connectivity index (χ0v) is 10.5. The average Bonchev–Trinajstić information content (AvgIpc) is 2.89. The first kappa shape index (κ1) is 11.0. The van der Waals surface area contributed by atoms with Gasteiger partial charge >= 0.3 is 0 Å². The van der Waals surface area contributed by atoms with Gasteiger partial charge in [-0.2, -0.15) is 5.10 Å². The smallest absolute Gasteiger partial charge is 0.276 e. The van der Waals surface area contributed by atoms with Gasteiger partial charge in [0.05, 0.1) is 12.2 Å². The van der Waals surface area contributed by atoms with Crippen LogP contribution in [0.5, 0.6) is 0 Å². The number of hydrogen-bond donors (Lipinski definition) is 1. The molecule has 6 nitrogen and oxygen atoms in total. The molecule has 0 bridgehead atoms. The molecule has 7 heteroatoms. The minimum Gasteiger partial charge on any atom is -0.375 e. The molecule has 18 heavy (non-hydrogen) atoms. The molecular formula is C11H11N5OS. The molecule has 3 heterocycles. The lowest BCUT2D eigenvalue weighted by Gasteiger charge is -2.03. The van der Waals surface area contributed by atoms with Crippen molar-refractivity contribution < 1.29 is 0 Å². The molecule has 0 fully saturated rings. The van der Waals surface area contributed by atoms with Crippen LogP contribution < -0.4 is 11.3 Å². The maximum atomic E-state index is 12.2. The lowest BCUT2D eigenvalue weighted by Crippen LogP contribution is -2.21. The van der Waals surface area contributed by atoms with E-state index in [9.17, 15) is 4.79 Å². The minimum absolute atomic E-state index is 0.0647. The van der Waals surface area contributed by atoms with E-state index in [-0.39, 0.29) is 5.56 Å². The van der Waals surface area contributed by atoms with Crippen LogP contribution >= 0.6 is 11.3 Å². The summed E-state index contributed by atoms with van der Waals surface area (Å²) in [7, 11) is 0. The molecule has 0 unspecified atom stereocenters. The minimum atomic E-state index is -0.0647. The molecule has 0 aromatic carbocycles. The van der Waals surface area contributed by atoms with Crippen molar-refractivity contribution in [1.29, 1.82) is 0 Å². The van der Waals surface area contributed by atoms with Crippen molar-refractivity contribution in [2.75, 3.05) is 5.73 Å². The molecule has 3 rings (SSSR count). The lowest BCUT2D eigenvalue weighted by molar-refractivity contribution is 0.749. The van der Waals surface area contributed by atoms with Crippen LogP contribution in [0.15, 0.2) is 29.5 Å². The summed E-state index contributed by atoms with van der Waals surface area (Å²) < 4.78 is 3.22. The molecular weight excluding hydrogens is 250 g/mol. The summed E-state index contributed by atoms with van der Waals surface area (Å²) in [4.78, 5) is 17.1. The van der Waals surface area contributed by atoms with Gasteiger partial charge in [0.15, 0.2) is 5.13 Å². The zero-order chi connectivity index (χ0) is 12.7. The van der Waals surface area contributed by atoms with Gasteiger partial charge in [-0.15, -0.1) is 11.3 Å². The number of rotatable bonds is 2. The van der Waals surface area contributed by atoms with E-state index < -0.39 is 0 Å². The highest BCUT2D eigenvalue weighted by Crippen LogP contribution is 2.15. The number of aromatic nitrogens is 4. The van der Waals surface area contributed by atoms with Crippen molar-refractivity contribution in [1.82, 2.24) is 19.2 Å². The Hall–Kier alpha value is -2.15. The molecule has 3 aromatic rings. The van der Waals surface area contributed by atoms with Crippen LogP contribution in [-0.2, 0) is 6.54 Å². The number of nitrogen functional groups attached to an aromatic ring is 1. The molecule has 0 radical (unpaired) electrons. The normalized spacial score (nSPS) is 11.2. The Morgan fingerprint density at radius 1 is 1.44 bits per heavy atom. The van der Waals surface area contributed by atoms with Crippen LogP contribution in [0.3, 0.4) is 0 Å². The third-order valence-corrected chi connectivity index (χ3v) is 3.43. The van der Waals surface area contributed by atoms with E-state index in [1.165, 1.54) is 11.3 Å². The maximum Gasteiger partial charge on any atom is 0.276 e. The summed E-state index contributed by atoms with van der Waals surface area (Å²) in [5.74, 6) is 0. The van der Waals surface area contributed by atoms with Gasteiger partial charge in [-0.1, -0.05) is 0 Å². The standard InChI is InChI=1S/C11H11N5OS/c1-7-4-9-10(17)15(2-3-16(9)14-7)6-8-5-13-11(12)18-8/h2-5H,6H2,1H3,(H2,12,13). The Kier molecular flexibility index (Phi) is 2.41. The summed E-state index contributed by atoms with van der Waals surface area (Å²) in [5.41, 5.74) is 6.91. The van der Waals surface area contributed by atoms with Crippen molar-refractivity contribution in [2.24, 2.45) is 0 Å². The Morgan fingerprint density at radius 3 is 3.00 bits per heavy atom. The van der Waals surface area contributed by atoms with Crippen LogP contribution in [0.25, 0.3) is 5.52 Å². The largest absolute Gasteiger partial charge is 0.375 e. The molecule has 0 spiro atoms. The molecule has 0 aliphatic rings.